The molecule has 0 atom stereocenters. The van der Waals surface area contributed by atoms with Crippen molar-refractivity contribution >= 4 is 37.1 Å². The van der Waals surface area contributed by atoms with Gasteiger partial charge in [0.2, 0.25) is 20.0 Å². The number of nitrogens with zero attached hydrogens (tertiary/aromatic N) is 1. The number of aromatic hydroxyl groups is 1. The van der Waals surface area contributed by atoms with E-state index in [0.29, 0.717) is 17.8 Å². The van der Waals surface area contributed by atoms with E-state index in [1.165, 1.54) is 12.1 Å². The number of imidazole rings is 1. The smallest absolute Gasteiger partial charge is 0.229 e. The number of hydrogen-bond donors (Lipinski definition) is 5. The van der Waals surface area contributed by atoms with E-state index < -0.39 is 25.8 Å². The van der Waals surface area contributed by atoms with Gasteiger partial charge in [0.05, 0.1) is 35.3 Å². The van der Waals surface area contributed by atoms with E-state index in [4.69, 9.17) is 4.98 Å². The molecule has 0 aliphatic heterocycles. The van der Waals surface area contributed by atoms with Crippen LogP contribution in [-0.2, 0) is 32.9 Å². The van der Waals surface area contributed by atoms with Crippen LogP contribution in [0.15, 0.2) is 60.7 Å². The van der Waals surface area contributed by atoms with Crippen LogP contribution in [0, 0.1) is 6.92 Å². The van der Waals surface area contributed by atoms with Gasteiger partial charge in [-0.15, -0.1) is 0 Å². The van der Waals surface area contributed by atoms with E-state index in [1.807, 2.05) is 62.5 Å². The first-order valence-corrected chi connectivity index (χ1v) is 15.9. The lowest BCUT2D eigenvalue weighted by Crippen LogP contribution is -2.13. The van der Waals surface area contributed by atoms with E-state index in [9.17, 15) is 21.9 Å². The Labute approximate surface area is 228 Å². The molecule has 0 unspecified atom stereocenters. The van der Waals surface area contributed by atoms with Crippen molar-refractivity contribution in [3.8, 4) is 28.4 Å². The molecule has 0 saturated carbocycles. The number of phenolic OH excluding ortho intramolecular Hbond substituents is 1. The number of hydrogen-bond acceptors (Lipinski definition) is 7. The largest absolute Gasteiger partial charge is 0.504 e. The molecule has 0 aliphatic carbocycles. The molecule has 12 heteroatoms. The molecule has 0 bridgehead atoms. The fourth-order valence-corrected chi connectivity index (χ4v) is 5.39. The Balaban J connectivity index is 1.86. The molecule has 0 fully saturated rings. The monoisotopic (exact) mass is 569 g/mol. The summed E-state index contributed by atoms with van der Waals surface area (Å²) in [5.74, 6) is -0.164. The van der Waals surface area contributed by atoms with Gasteiger partial charge in [0.25, 0.3) is 0 Å². The fourth-order valence-electron chi connectivity index (χ4n) is 4.28. The van der Waals surface area contributed by atoms with Crippen LogP contribution in [0.25, 0.3) is 22.6 Å². The Morgan fingerprint density at radius 3 is 2.03 bits per heavy atom. The minimum atomic E-state index is -3.78. The van der Waals surface area contributed by atoms with Crippen molar-refractivity contribution in [1.29, 1.82) is 0 Å². The van der Waals surface area contributed by atoms with Crippen LogP contribution in [0.5, 0.6) is 5.75 Å². The van der Waals surface area contributed by atoms with Gasteiger partial charge in [-0.1, -0.05) is 36.4 Å². The lowest BCUT2D eigenvalue weighted by molar-refractivity contribution is 0.480. The van der Waals surface area contributed by atoms with Gasteiger partial charge in [0.1, 0.15) is 5.82 Å². The summed E-state index contributed by atoms with van der Waals surface area (Å²) >= 11 is 0. The molecule has 0 spiro atoms. The Hall–Kier alpha value is -4.03. The summed E-state index contributed by atoms with van der Waals surface area (Å²) in [6, 6.07) is 18.8. The number of aromatic nitrogens is 2. The number of anilines is 3. The number of rotatable bonds is 10. The predicted molar refractivity (Wildman–Crippen MR) is 156 cm³/mol. The highest BCUT2D eigenvalue weighted by atomic mass is 32.2. The summed E-state index contributed by atoms with van der Waals surface area (Å²) in [6.07, 6.45) is 3.23. The predicted octanol–water partition coefficient (Wildman–Crippen LogP) is 4.33. The second-order valence-electron chi connectivity index (χ2n) is 9.34. The van der Waals surface area contributed by atoms with Crippen molar-refractivity contribution in [3.05, 3.63) is 77.5 Å². The Morgan fingerprint density at radius 2 is 1.49 bits per heavy atom. The van der Waals surface area contributed by atoms with Gasteiger partial charge in [0, 0.05) is 23.9 Å². The molecule has 206 valence electrons. The molecule has 0 radical (unpaired) electrons. The van der Waals surface area contributed by atoms with Crippen molar-refractivity contribution in [2.45, 2.75) is 19.8 Å². The molecule has 4 rings (SSSR count). The summed E-state index contributed by atoms with van der Waals surface area (Å²) in [5, 5.41) is 13.8. The summed E-state index contributed by atoms with van der Waals surface area (Å²) in [7, 11) is -5.71. The van der Waals surface area contributed by atoms with Crippen molar-refractivity contribution in [2.24, 2.45) is 0 Å². The van der Waals surface area contributed by atoms with E-state index in [0.717, 1.165) is 52.7 Å². The Morgan fingerprint density at radius 1 is 0.872 bits per heavy atom. The number of H-pyrrole nitrogens is 1. The zero-order valence-electron chi connectivity index (χ0n) is 22.0. The topological polar surface area (TPSA) is 153 Å². The number of phenols is 1. The van der Waals surface area contributed by atoms with Crippen molar-refractivity contribution in [2.75, 3.05) is 34.3 Å². The Bertz CT molecular complexity index is 1660. The zero-order chi connectivity index (χ0) is 28.4. The van der Waals surface area contributed by atoms with Crippen LogP contribution in [0.3, 0.4) is 0 Å². The molecular weight excluding hydrogens is 538 g/mol. The molecule has 0 aliphatic rings. The van der Waals surface area contributed by atoms with E-state index in [1.54, 1.807) is 0 Å². The molecular formula is C27H31N5O5S2. The van der Waals surface area contributed by atoms with Crippen molar-refractivity contribution in [3.63, 3.8) is 0 Å². The number of sulfonamides is 2. The van der Waals surface area contributed by atoms with Crippen LogP contribution in [0.2, 0.25) is 0 Å². The molecule has 39 heavy (non-hydrogen) atoms. The first-order valence-electron chi connectivity index (χ1n) is 12.1. The fraction of sp³-hybridized carbons (Fsp3) is 0.222. The third-order valence-electron chi connectivity index (χ3n) is 6.03. The standard InChI is InChI=1S/C27H31N5O5S2/c1-17-14-20(28-2)11-12-21(17)25-22(13-10-18-8-6-5-7-9-18)29-27(30-25)19-15-23(31-38(3,34)35)26(33)24(16-19)32-39(4,36)37/h5-9,11-12,14-16,28,31-33H,10,13H2,1-4H3,(H,29,30). The lowest BCUT2D eigenvalue weighted by atomic mass is 10.0. The van der Waals surface area contributed by atoms with Gasteiger partial charge >= 0.3 is 0 Å². The quantitative estimate of drug-likeness (QED) is 0.178. The summed E-state index contributed by atoms with van der Waals surface area (Å²) in [6.45, 7) is 2.00. The normalized spacial score (nSPS) is 11.8. The van der Waals surface area contributed by atoms with Gasteiger partial charge < -0.3 is 15.4 Å². The number of aryl methyl sites for hydroxylation is 3. The first kappa shape index (κ1) is 28.0. The zero-order valence-corrected chi connectivity index (χ0v) is 23.7. The highest BCUT2D eigenvalue weighted by molar-refractivity contribution is 7.92. The van der Waals surface area contributed by atoms with Crippen molar-refractivity contribution < 1.29 is 21.9 Å². The maximum Gasteiger partial charge on any atom is 0.229 e. The van der Waals surface area contributed by atoms with Gasteiger partial charge in [-0.05, 0) is 55.2 Å². The molecule has 1 aromatic heterocycles. The van der Waals surface area contributed by atoms with Gasteiger partial charge in [-0.3, -0.25) is 9.44 Å². The average Bonchev–Trinajstić information content (AvgIpc) is 3.28. The molecule has 5 N–H and O–H groups in total. The second-order valence-corrected chi connectivity index (χ2v) is 12.8. The van der Waals surface area contributed by atoms with Crippen molar-refractivity contribution in [1.82, 2.24) is 9.97 Å². The van der Waals surface area contributed by atoms with Gasteiger partial charge in [-0.25, -0.2) is 21.8 Å². The minimum Gasteiger partial charge on any atom is -0.504 e. The number of benzene rings is 3. The van der Waals surface area contributed by atoms with Crippen LogP contribution in [0.4, 0.5) is 17.1 Å². The maximum atomic E-state index is 12.0. The SMILES string of the molecule is CNc1ccc(-c2[nH]c(-c3cc(NS(C)(=O)=O)c(O)c(NS(C)(=O)=O)c3)nc2CCc2ccccc2)c(C)c1. The third kappa shape index (κ3) is 7.09. The molecule has 4 aromatic rings. The first-order chi connectivity index (χ1) is 18.3. The maximum absolute atomic E-state index is 12.0. The molecule has 1 heterocycles. The van der Waals surface area contributed by atoms with Gasteiger partial charge in [0.15, 0.2) is 5.75 Å². The van der Waals surface area contributed by atoms with Gasteiger partial charge in [-0.2, -0.15) is 0 Å². The number of nitrogens with one attached hydrogen (secondary N) is 4. The summed E-state index contributed by atoms with van der Waals surface area (Å²) < 4.78 is 52.3. The highest BCUT2D eigenvalue weighted by Crippen LogP contribution is 2.39. The Kier molecular flexibility index (Phi) is 7.89. The van der Waals surface area contributed by atoms with E-state index in [2.05, 4.69) is 19.7 Å². The van der Waals surface area contributed by atoms with E-state index in [-0.39, 0.29) is 11.4 Å². The molecule has 3 aromatic carbocycles. The second kappa shape index (κ2) is 11.0. The molecule has 10 nitrogen and oxygen atoms in total. The van der Waals surface area contributed by atoms with Crippen LogP contribution >= 0.6 is 0 Å². The van der Waals surface area contributed by atoms with E-state index >= 15 is 0 Å². The lowest BCUT2D eigenvalue weighted by Gasteiger charge is -2.13. The molecule has 0 amide bonds. The summed E-state index contributed by atoms with van der Waals surface area (Å²) in [5.41, 5.74) is 5.68. The summed E-state index contributed by atoms with van der Waals surface area (Å²) in [4.78, 5) is 8.21. The highest BCUT2D eigenvalue weighted by Gasteiger charge is 2.20. The minimum absolute atomic E-state index is 0.181. The molecule has 0 saturated heterocycles. The third-order valence-corrected chi connectivity index (χ3v) is 7.21. The van der Waals surface area contributed by atoms with Crippen LogP contribution in [-0.4, -0.2) is 51.5 Å². The van der Waals surface area contributed by atoms with Crippen LogP contribution in [0.1, 0.15) is 16.8 Å². The number of aromatic amines is 1. The van der Waals surface area contributed by atoms with Crippen LogP contribution < -0.4 is 14.8 Å². The average molecular weight is 570 g/mol.